The number of phenols is 1. The van der Waals surface area contributed by atoms with Crippen molar-refractivity contribution in [3.8, 4) is 5.75 Å². The first-order valence-corrected chi connectivity index (χ1v) is 7.21. The van der Waals surface area contributed by atoms with Crippen LogP contribution in [0.5, 0.6) is 5.75 Å². The summed E-state index contributed by atoms with van der Waals surface area (Å²) in [5.41, 5.74) is 3.70. The number of halogens is 2. The number of hydrogen-bond acceptors (Lipinski definition) is 3. The van der Waals surface area contributed by atoms with Crippen molar-refractivity contribution in [3.63, 3.8) is 0 Å². The summed E-state index contributed by atoms with van der Waals surface area (Å²) >= 11 is 6.69. The Morgan fingerprint density at radius 2 is 2.00 bits per heavy atom. The number of amides is 1. The fraction of sp³-hybridized carbons (Fsp3) is 0.0769. The number of hydrazone groups is 1. The maximum atomic E-state index is 11.9. The van der Waals surface area contributed by atoms with Gasteiger partial charge in [0.2, 0.25) is 0 Å². The van der Waals surface area contributed by atoms with Crippen LogP contribution in [-0.4, -0.2) is 21.8 Å². The van der Waals surface area contributed by atoms with Crippen molar-refractivity contribution in [1.82, 2.24) is 9.99 Å². The lowest BCUT2D eigenvalue weighted by Crippen LogP contribution is -2.20. The van der Waals surface area contributed by atoms with E-state index in [1.807, 2.05) is 0 Å². The summed E-state index contributed by atoms with van der Waals surface area (Å²) in [6.45, 7) is 0. The number of hydrogen-bond donors (Lipinski definition) is 2. The molecule has 0 saturated heterocycles. The minimum Gasteiger partial charge on any atom is -0.508 e. The van der Waals surface area contributed by atoms with Gasteiger partial charge in [-0.05, 0) is 67.8 Å². The van der Waals surface area contributed by atoms with E-state index < -0.39 is 0 Å². The topological polar surface area (TPSA) is 66.6 Å². The highest BCUT2D eigenvalue weighted by molar-refractivity contribution is 9.13. The molecule has 0 aliphatic heterocycles. The van der Waals surface area contributed by atoms with Gasteiger partial charge in [0.1, 0.15) is 11.4 Å². The first-order chi connectivity index (χ1) is 9.49. The van der Waals surface area contributed by atoms with Crippen LogP contribution in [0.4, 0.5) is 0 Å². The molecule has 1 aromatic carbocycles. The largest absolute Gasteiger partial charge is 0.508 e. The molecule has 0 aliphatic carbocycles. The highest BCUT2D eigenvalue weighted by atomic mass is 79.9. The Morgan fingerprint density at radius 3 is 2.55 bits per heavy atom. The van der Waals surface area contributed by atoms with Gasteiger partial charge in [-0.1, -0.05) is 0 Å². The van der Waals surface area contributed by atoms with Gasteiger partial charge < -0.3 is 9.67 Å². The van der Waals surface area contributed by atoms with Gasteiger partial charge in [-0.3, -0.25) is 4.79 Å². The first kappa shape index (κ1) is 14.8. The highest BCUT2D eigenvalue weighted by Gasteiger charge is 2.14. The quantitative estimate of drug-likeness (QED) is 0.614. The third kappa shape index (κ3) is 3.29. The molecule has 1 heterocycles. The predicted molar refractivity (Wildman–Crippen MR) is 84.0 cm³/mol. The van der Waals surface area contributed by atoms with E-state index in [0.717, 1.165) is 14.6 Å². The standard InChI is InChI=1S/C13H11Br2N3O2/c1-18-11(6-10(14)12(18)15)13(20)17-16-7-8-2-4-9(19)5-3-8/h2-7,19H,1H3,(H,17,20)/b16-7+. The Kier molecular flexibility index (Phi) is 4.61. The normalized spacial score (nSPS) is 10.9. The monoisotopic (exact) mass is 399 g/mol. The molecule has 0 fully saturated rings. The van der Waals surface area contributed by atoms with Gasteiger partial charge in [0.25, 0.3) is 5.91 Å². The zero-order chi connectivity index (χ0) is 14.7. The summed E-state index contributed by atoms with van der Waals surface area (Å²) in [4.78, 5) is 11.9. The SMILES string of the molecule is Cn1c(C(=O)N/N=C/c2ccc(O)cc2)cc(Br)c1Br. The van der Waals surface area contributed by atoms with Crippen LogP contribution in [0, 0.1) is 0 Å². The van der Waals surface area contributed by atoms with E-state index in [0.29, 0.717) is 5.69 Å². The molecular formula is C13H11Br2N3O2. The Morgan fingerprint density at radius 1 is 1.35 bits per heavy atom. The average Bonchev–Trinajstić information content (AvgIpc) is 2.69. The zero-order valence-electron chi connectivity index (χ0n) is 10.5. The van der Waals surface area contributed by atoms with E-state index in [-0.39, 0.29) is 11.7 Å². The van der Waals surface area contributed by atoms with Gasteiger partial charge in [0.15, 0.2) is 0 Å². The second-order valence-electron chi connectivity index (χ2n) is 4.02. The molecule has 0 bridgehead atoms. The Bertz CT molecular complexity index is 663. The molecule has 0 atom stereocenters. The summed E-state index contributed by atoms with van der Waals surface area (Å²) in [6.07, 6.45) is 1.50. The number of rotatable bonds is 3. The lowest BCUT2D eigenvalue weighted by molar-refractivity contribution is 0.0947. The van der Waals surface area contributed by atoms with Gasteiger partial charge in [0.05, 0.1) is 15.3 Å². The van der Waals surface area contributed by atoms with Crippen LogP contribution >= 0.6 is 31.9 Å². The van der Waals surface area contributed by atoms with Crippen molar-refractivity contribution in [1.29, 1.82) is 0 Å². The molecule has 104 valence electrons. The summed E-state index contributed by atoms with van der Waals surface area (Å²) in [6, 6.07) is 8.19. The summed E-state index contributed by atoms with van der Waals surface area (Å²) in [5, 5.41) is 13.0. The third-order valence-electron chi connectivity index (χ3n) is 2.62. The van der Waals surface area contributed by atoms with Crippen molar-refractivity contribution < 1.29 is 9.90 Å². The molecule has 0 aliphatic rings. The number of aromatic nitrogens is 1. The van der Waals surface area contributed by atoms with Crippen molar-refractivity contribution in [2.24, 2.45) is 12.1 Å². The minimum absolute atomic E-state index is 0.185. The van der Waals surface area contributed by atoms with Crippen LogP contribution in [0.1, 0.15) is 16.1 Å². The maximum Gasteiger partial charge on any atom is 0.288 e. The maximum absolute atomic E-state index is 11.9. The number of benzene rings is 1. The fourth-order valence-corrected chi connectivity index (χ4v) is 2.33. The van der Waals surface area contributed by atoms with E-state index in [2.05, 4.69) is 42.4 Å². The second kappa shape index (κ2) is 6.23. The van der Waals surface area contributed by atoms with Gasteiger partial charge in [-0.15, -0.1) is 0 Å². The second-order valence-corrected chi connectivity index (χ2v) is 5.62. The van der Waals surface area contributed by atoms with E-state index >= 15 is 0 Å². The van der Waals surface area contributed by atoms with E-state index in [1.165, 1.54) is 6.21 Å². The number of carbonyl (C=O) groups is 1. The molecule has 2 rings (SSSR count). The Hall–Kier alpha value is -1.60. The number of nitrogens with one attached hydrogen (secondary N) is 1. The smallest absolute Gasteiger partial charge is 0.288 e. The minimum atomic E-state index is -0.311. The lowest BCUT2D eigenvalue weighted by Gasteiger charge is -2.02. The van der Waals surface area contributed by atoms with E-state index in [9.17, 15) is 4.79 Å². The summed E-state index contributed by atoms with van der Waals surface area (Å²) in [7, 11) is 1.77. The van der Waals surface area contributed by atoms with Crippen molar-refractivity contribution >= 4 is 44.0 Å². The van der Waals surface area contributed by atoms with E-state index in [1.54, 1.807) is 41.9 Å². The molecule has 0 spiro atoms. The zero-order valence-corrected chi connectivity index (χ0v) is 13.6. The third-order valence-corrected chi connectivity index (χ3v) is 4.72. The number of aromatic hydroxyl groups is 1. The fourth-order valence-electron chi connectivity index (χ4n) is 1.54. The molecule has 1 aromatic heterocycles. The molecule has 0 saturated carbocycles. The van der Waals surface area contributed by atoms with Crippen LogP contribution < -0.4 is 5.43 Å². The molecule has 7 heteroatoms. The molecule has 20 heavy (non-hydrogen) atoms. The van der Waals surface area contributed by atoms with Crippen molar-refractivity contribution in [2.75, 3.05) is 0 Å². The molecular weight excluding hydrogens is 390 g/mol. The van der Waals surface area contributed by atoms with Crippen molar-refractivity contribution in [3.05, 3.63) is 50.7 Å². The Labute approximate surface area is 132 Å². The van der Waals surface area contributed by atoms with Gasteiger partial charge in [-0.2, -0.15) is 5.10 Å². The average molecular weight is 401 g/mol. The molecule has 2 N–H and O–H groups in total. The molecule has 2 aromatic rings. The predicted octanol–water partition coefficient (Wildman–Crippen LogP) is 3.02. The first-order valence-electron chi connectivity index (χ1n) is 5.62. The summed E-state index contributed by atoms with van der Waals surface area (Å²) in [5.74, 6) is -0.126. The van der Waals surface area contributed by atoms with Gasteiger partial charge in [-0.25, -0.2) is 5.43 Å². The van der Waals surface area contributed by atoms with Crippen molar-refractivity contribution in [2.45, 2.75) is 0 Å². The van der Waals surface area contributed by atoms with E-state index in [4.69, 9.17) is 5.11 Å². The highest BCUT2D eigenvalue weighted by Crippen LogP contribution is 2.26. The van der Waals surface area contributed by atoms with Gasteiger partial charge in [0, 0.05) is 7.05 Å². The van der Waals surface area contributed by atoms with Crippen LogP contribution in [-0.2, 0) is 7.05 Å². The van der Waals surface area contributed by atoms with Crippen LogP contribution in [0.25, 0.3) is 0 Å². The van der Waals surface area contributed by atoms with Crippen LogP contribution in [0.3, 0.4) is 0 Å². The van der Waals surface area contributed by atoms with Crippen LogP contribution in [0.2, 0.25) is 0 Å². The Balaban J connectivity index is 2.05. The molecule has 5 nitrogen and oxygen atoms in total. The molecule has 0 radical (unpaired) electrons. The van der Waals surface area contributed by atoms with Crippen LogP contribution in [0.15, 0.2) is 44.5 Å². The number of nitrogens with zero attached hydrogens (tertiary/aromatic N) is 2. The molecule has 1 amide bonds. The number of phenolic OH excluding ortho intramolecular Hbond substituents is 1. The lowest BCUT2D eigenvalue weighted by atomic mass is 10.2. The number of carbonyl (C=O) groups excluding carboxylic acids is 1. The van der Waals surface area contributed by atoms with Gasteiger partial charge >= 0.3 is 0 Å². The molecule has 0 unspecified atom stereocenters. The summed E-state index contributed by atoms with van der Waals surface area (Å²) < 4.78 is 3.29.